The van der Waals surface area contributed by atoms with Crippen molar-refractivity contribution in [3.8, 4) is 22.8 Å². The van der Waals surface area contributed by atoms with Crippen molar-refractivity contribution in [1.82, 2.24) is 10.5 Å². The van der Waals surface area contributed by atoms with Crippen LogP contribution in [0.5, 0.6) is 11.5 Å². The van der Waals surface area contributed by atoms with Gasteiger partial charge in [0.1, 0.15) is 0 Å². The minimum absolute atomic E-state index is 0.0222. The molecule has 0 atom stereocenters. The van der Waals surface area contributed by atoms with Crippen LogP contribution in [0.1, 0.15) is 24.1 Å². The van der Waals surface area contributed by atoms with Gasteiger partial charge >= 0.3 is 0 Å². The first kappa shape index (κ1) is 16.9. The van der Waals surface area contributed by atoms with Crippen LogP contribution >= 0.6 is 0 Å². The quantitative estimate of drug-likeness (QED) is 0.713. The molecule has 2 heterocycles. The van der Waals surface area contributed by atoms with E-state index in [1.807, 2.05) is 42.5 Å². The average Bonchev–Trinajstić information content (AvgIpc) is 3.16. The van der Waals surface area contributed by atoms with E-state index in [1.165, 1.54) is 5.56 Å². The van der Waals surface area contributed by atoms with Gasteiger partial charge in [-0.2, -0.15) is 0 Å². The van der Waals surface area contributed by atoms with Gasteiger partial charge in [-0.05, 0) is 43.0 Å². The zero-order valence-corrected chi connectivity index (χ0v) is 15.3. The molecule has 142 valence electrons. The summed E-state index contributed by atoms with van der Waals surface area (Å²) in [5.41, 5.74) is 2.19. The highest BCUT2D eigenvalue weighted by atomic mass is 16.7. The van der Waals surface area contributed by atoms with Crippen LogP contribution in [-0.4, -0.2) is 24.4 Å². The van der Waals surface area contributed by atoms with Crippen molar-refractivity contribution in [1.29, 1.82) is 0 Å². The molecule has 1 aromatic heterocycles. The fourth-order valence-corrected chi connectivity index (χ4v) is 3.55. The van der Waals surface area contributed by atoms with Gasteiger partial charge in [-0.3, -0.25) is 4.79 Å². The topological polar surface area (TPSA) is 73.6 Å². The van der Waals surface area contributed by atoms with Gasteiger partial charge in [0.15, 0.2) is 17.3 Å². The van der Waals surface area contributed by atoms with E-state index < -0.39 is 5.41 Å². The van der Waals surface area contributed by atoms with Crippen LogP contribution in [0.3, 0.4) is 0 Å². The van der Waals surface area contributed by atoms with Crippen molar-refractivity contribution in [2.45, 2.75) is 24.7 Å². The standard InChI is InChI=1S/C22H20N2O4/c25-21(23-11-8-15-4-2-1-3-5-15)22(9-10-22)20-13-18(28-24-20)16-6-7-17-19(12-16)27-14-26-17/h1-7,12-13H,8-11,14H2,(H,23,25). The smallest absolute Gasteiger partial charge is 0.232 e. The Balaban J connectivity index is 1.27. The molecule has 6 nitrogen and oxygen atoms in total. The van der Waals surface area contributed by atoms with E-state index in [-0.39, 0.29) is 12.7 Å². The third-order valence-electron chi connectivity index (χ3n) is 5.38. The molecule has 0 radical (unpaired) electrons. The summed E-state index contributed by atoms with van der Waals surface area (Å²) >= 11 is 0. The fraction of sp³-hybridized carbons (Fsp3) is 0.273. The summed E-state index contributed by atoms with van der Waals surface area (Å²) in [6.45, 7) is 0.837. The maximum absolute atomic E-state index is 12.8. The molecule has 1 fully saturated rings. The highest BCUT2D eigenvalue weighted by molar-refractivity contribution is 5.91. The van der Waals surface area contributed by atoms with Gasteiger partial charge < -0.3 is 19.3 Å². The van der Waals surface area contributed by atoms with Gasteiger partial charge in [0, 0.05) is 18.2 Å². The monoisotopic (exact) mass is 376 g/mol. The molecule has 6 heteroatoms. The Kier molecular flexibility index (Phi) is 4.04. The van der Waals surface area contributed by atoms with E-state index >= 15 is 0 Å². The maximum Gasteiger partial charge on any atom is 0.232 e. The molecule has 28 heavy (non-hydrogen) atoms. The summed E-state index contributed by atoms with van der Waals surface area (Å²) in [5, 5.41) is 7.26. The van der Waals surface area contributed by atoms with Gasteiger partial charge in [0.25, 0.3) is 0 Å². The molecule has 3 aromatic rings. The van der Waals surface area contributed by atoms with Crippen LogP contribution < -0.4 is 14.8 Å². The molecule has 2 aromatic carbocycles. The lowest BCUT2D eigenvalue weighted by molar-refractivity contribution is -0.123. The second-order valence-corrected chi connectivity index (χ2v) is 7.22. The highest BCUT2D eigenvalue weighted by Crippen LogP contribution is 2.49. The number of benzene rings is 2. The first-order chi connectivity index (χ1) is 13.7. The van der Waals surface area contributed by atoms with Crippen LogP contribution in [0.15, 0.2) is 59.1 Å². The zero-order valence-electron chi connectivity index (χ0n) is 15.3. The molecule has 2 aliphatic rings. The van der Waals surface area contributed by atoms with E-state index in [4.69, 9.17) is 14.0 Å². The summed E-state index contributed by atoms with van der Waals surface area (Å²) in [6.07, 6.45) is 2.39. The second kappa shape index (κ2) is 6.71. The Hall–Kier alpha value is -3.28. The summed E-state index contributed by atoms with van der Waals surface area (Å²) in [4.78, 5) is 12.8. The number of nitrogens with one attached hydrogen (secondary N) is 1. The molecule has 1 aliphatic heterocycles. The van der Waals surface area contributed by atoms with Crippen molar-refractivity contribution in [3.05, 3.63) is 65.9 Å². The van der Waals surface area contributed by atoms with Gasteiger partial charge in [-0.15, -0.1) is 0 Å². The normalized spacial score (nSPS) is 16.0. The van der Waals surface area contributed by atoms with Crippen molar-refractivity contribution in [2.24, 2.45) is 0 Å². The van der Waals surface area contributed by atoms with Gasteiger partial charge in [-0.1, -0.05) is 35.5 Å². The fourth-order valence-electron chi connectivity index (χ4n) is 3.55. The SMILES string of the molecule is O=C(NCCc1ccccc1)C1(c2cc(-c3ccc4c(c3)OCO4)on2)CC1. The summed E-state index contributed by atoms with van der Waals surface area (Å²) < 4.78 is 16.3. The van der Waals surface area contributed by atoms with Crippen LogP contribution in [0.4, 0.5) is 0 Å². The Morgan fingerprint density at radius 3 is 2.68 bits per heavy atom. The van der Waals surface area contributed by atoms with E-state index in [9.17, 15) is 4.79 Å². The molecule has 0 saturated heterocycles. The predicted molar refractivity (Wildman–Crippen MR) is 102 cm³/mol. The molecular weight excluding hydrogens is 356 g/mol. The van der Waals surface area contributed by atoms with Crippen LogP contribution in [0, 0.1) is 0 Å². The minimum Gasteiger partial charge on any atom is -0.454 e. The van der Waals surface area contributed by atoms with Crippen LogP contribution in [-0.2, 0) is 16.6 Å². The molecule has 0 spiro atoms. The first-order valence-electron chi connectivity index (χ1n) is 9.44. The molecule has 0 unspecified atom stereocenters. The van der Waals surface area contributed by atoms with E-state index in [0.29, 0.717) is 23.7 Å². The van der Waals surface area contributed by atoms with E-state index in [2.05, 4.69) is 22.6 Å². The molecule has 1 N–H and O–H groups in total. The van der Waals surface area contributed by atoms with Crippen molar-refractivity contribution in [2.75, 3.05) is 13.3 Å². The number of rotatable bonds is 6. The zero-order chi connectivity index (χ0) is 19.0. The summed E-state index contributed by atoms with van der Waals surface area (Å²) in [5.74, 6) is 2.06. The molecule has 1 aliphatic carbocycles. The number of nitrogens with zero attached hydrogens (tertiary/aromatic N) is 1. The lowest BCUT2D eigenvalue weighted by Crippen LogP contribution is -2.36. The van der Waals surface area contributed by atoms with Crippen molar-refractivity contribution < 1.29 is 18.8 Å². The highest BCUT2D eigenvalue weighted by Gasteiger charge is 2.53. The molecule has 1 amide bonds. The summed E-state index contributed by atoms with van der Waals surface area (Å²) in [7, 11) is 0. The van der Waals surface area contributed by atoms with Crippen LogP contribution in [0.2, 0.25) is 0 Å². The Bertz CT molecular complexity index is 1010. The third-order valence-corrected chi connectivity index (χ3v) is 5.38. The number of carbonyl (C=O) groups excluding carboxylic acids is 1. The predicted octanol–water partition coefficient (Wildman–Crippen LogP) is 3.46. The number of carbonyl (C=O) groups is 1. The van der Waals surface area contributed by atoms with Crippen LogP contribution in [0.25, 0.3) is 11.3 Å². The van der Waals surface area contributed by atoms with E-state index in [1.54, 1.807) is 0 Å². The number of amides is 1. The lowest BCUT2D eigenvalue weighted by Gasteiger charge is -2.12. The molecule has 1 saturated carbocycles. The molecule has 5 rings (SSSR count). The lowest BCUT2D eigenvalue weighted by atomic mass is 10.00. The third kappa shape index (κ3) is 3.01. The van der Waals surface area contributed by atoms with E-state index in [0.717, 1.165) is 30.6 Å². The average molecular weight is 376 g/mol. The first-order valence-corrected chi connectivity index (χ1v) is 9.44. The van der Waals surface area contributed by atoms with Gasteiger partial charge in [-0.25, -0.2) is 0 Å². The number of fused-ring (bicyclic) bond motifs is 1. The number of ether oxygens (including phenoxy) is 2. The van der Waals surface area contributed by atoms with Crippen molar-refractivity contribution in [3.63, 3.8) is 0 Å². The number of aromatic nitrogens is 1. The van der Waals surface area contributed by atoms with Gasteiger partial charge in [0.05, 0.1) is 11.1 Å². The minimum atomic E-state index is -0.561. The van der Waals surface area contributed by atoms with Gasteiger partial charge in [0.2, 0.25) is 12.7 Å². The Morgan fingerprint density at radius 1 is 1.04 bits per heavy atom. The second-order valence-electron chi connectivity index (χ2n) is 7.22. The Labute approximate surface area is 162 Å². The maximum atomic E-state index is 12.8. The Morgan fingerprint density at radius 2 is 1.86 bits per heavy atom. The molecule has 0 bridgehead atoms. The molecular formula is C22H20N2O4. The largest absolute Gasteiger partial charge is 0.454 e. The summed E-state index contributed by atoms with van der Waals surface area (Å²) in [6, 6.07) is 17.6. The number of hydrogen-bond acceptors (Lipinski definition) is 5. The van der Waals surface area contributed by atoms with Crippen molar-refractivity contribution >= 4 is 5.91 Å². The number of hydrogen-bond donors (Lipinski definition) is 1.